The normalized spacial score (nSPS) is 11.9. The number of phenolic OH excluding ortho intramolecular Hbond substituents is 1. The van der Waals surface area contributed by atoms with Gasteiger partial charge in [-0.15, -0.1) is 0 Å². The van der Waals surface area contributed by atoms with Crippen LogP contribution in [0, 0.1) is 6.57 Å². The number of imidazole rings is 1. The lowest BCUT2D eigenvalue weighted by Gasteiger charge is -2.22. The van der Waals surface area contributed by atoms with Gasteiger partial charge in [0.2, 0.25) is 0 Å². The molecule has 0 aliphatic heterocycles. The van der Waals surface area contributed by atoms with Crippen molar-refractivity contribution >= 4 is 60.2 Å². The average Bonchev–Trinajstić information content (AvgIpc) is 3.95. The second-order valence-electron chi connectivity index (χ2n) is 18.3. The van der Waals surface area contributed by atoms with Gasteiger partial charge >= 0.3 is 0 Å². The Morgan fingerprint density at radius 3 is 2.04 bits per heavy atom. The third-order valence-electron chi connectivity index (χ3n) is 13.1. The summed E-state index contributed by atoms with van der Waals surface area (Å²) in [5, 5.41) is 18.0. The van der Waals surface area contributed by atoms with Gasteiger partial charge in [-0.2, -0.15) is 0 Å². The highest BCUT2D eigenvalue weighted by Crippen LogP contribution is 2.46. The molecular weight excluding hydrogens is 821 g/mol. The number of hydrogen-bond donors (Lipinski definition) is 1. The van der Waals surface area contributed by atoms with Crippen molar-refractivity contribution in [2.24, 2.45) is 0 Å². The topological polar surface area (TPSA) is 68.4 Å². The van der Waals surface area contributed by atoms with Crippen LogP contribution in [0.3, 0.4) is 0 Å². The lowest BCUT2D eigenvalue weighted by molar-refractivity contribution is 0.476. The molecule has 3 heterocycles. The van der Waals surface area contributed by atoms with Crippen LogP contribution in [0.4, 0.5) is 5.69 Å². The van der Waals surface area contributed by atoms with Crippen LogP contribution in [0.15, 0.2) is 199 Å². The van der Waals surface area contributed by atoms with Crippen molar-refractivity contribution in [3.05, 3.63) is 211 Å². The predicted molar refractivity (Wildman–Crippen MR) is 275 cm³/mol. The molecule has 6 nitrogen and oxygen atoms in total. The van der Waals surface area contributed by atoms with Crippen LogP contribution >= 0.6 is 0 Å². The highest BCUT2D eigenvalue weighted by atomic mass is 16.3. The van der Waals surface area contributed by atoms with E-state index in [1.165, 1.54) is 5.56 Å². The van der Waals surface area contributed by atoms with Gasteiger partial charge in [0.25, 0.3) is 0 Å². The Balaban J connectivity index is 1.11. The van der Waals surface area contributed by atoms with E-state index in [9.17, 15) is 5.11 Å². The van der Waals surface area contributed by atoms with Gasteiger partial charge in [0, 0.05) is 33.8 Å². The van der Waals surface area contributed by atoms with Gasteiger partial charge in [0.15, 0.2) is 11.5 Å². The number of benzene rings is 9. The Bertz CT molecular complexity index is 3970. The third kappa shape index (κ3) is 6.71. The largest absolute Gasteiger partial charge is 0.507 e. The van der Waals surface area contributed by atoms with E-state index in [0.29, 0.717) is 28.2 Å². The molecule has 0 saturated carbocycles. The molecular formula is C61H42N4O2. The van der Waals surface area contributed by atoms with Crippen molar-refractivity contribution in [3.8, 4) is 67.5 Å². The van der Waals surface area contributed by atoms with E-state index in [1.807, 2.05) is 48.7 Å². The van der Waals surface area contributed by atoms with Gasteiger partial charge in [0.1, 0.15) is 22.5 Å². The van der Waals surface area contributed by atoms with Gasteiger partial charge in [-0.1, -0.05) is 142 Å². The molecule has 0 aliphatic carbocycles. The van der Waals surface area contributed by atoms with E-state index in [1.54, 1.807) is 6.07 Å². The lowest BCUT2D eigenvalue weighted by Crippen LogP contribution is -2.11. The number of nitrogens with zero attached hydrogens (tertiary/aromatic N) is 4. The fourth-order valence-electron chi connectivity index (χ4n) is 9.69. The van der Waals surface area contributed by atoms with E-state index < -0.39 is 0 Å². The standard InChI is InChI=1S/C61H42N4O2/c1-61(2,3)44-33-42(32-43(34-44)52-35-41(30-31-63-52)38-14-9-6-10-15-38)47-16-11-17-53-58(47)64-60(65(53)46-23-19-39(20-24-46)37-12-7-5-8-13-37)57-54(66)28-26-50-56-49-25-21-40-18-22-45(62-4)36-51(40)48(49)27-29-55(56)67-59(50)57/h5-36,66H,1-3H3. The number of aromatic hydroxyl groups is 1. The second kappa shape index (κ2) is 15.4. The molecule has 0 amide bonds. The van der Waals surface area contributed by atoms with Gasteiger partial charge < -0.3 is 9.52 Å². The van der Waals surface area contributed by atoms with E-state index in [0.717, 1.165) is 93.7 Å². The molecule has 67 heavy (non-hydrogen) atoms. The molecule has 0 fully saturated rings. The number of pyridine rings is 1. The van der Waals surface area contributed by atoms with Gasteiger partial charge in [-0.3, -0.25) is 9.55 Å². The average molecular weight is 863 g/mol. The summed E-state index contributed by atoms with van der Waals surface area (Å²) in [4.78, 5) is 14.2. The minimum atomic E-state index is -0.168. The molecule has 0 spiro atoms. The number of phenols is 1. The molecule has 0 unspecified atom stereocenters. The van der Waals surface area contributed by atoms with Crippen molar-refractivity contribution in [1.29, 1.82) is 0 Å². The van der Waals surface area contributed by atoms with Gasteiger partial charge in [0.05, 0.1) is 23.3 Å². The highest BCUT2D eigenvalue weighted by Gasteiger charge is 2.26. The number of para-hydroxylation sites is 1. The molecule has 0 atom stereocenters. The summed E-state index contributed by atoms with van der Waals surface area (Å²) in [5.41, 5.74) is 14.2. The summed E-state index contributed by atoms with van der Waals surface area (Å²) in [6.45, 7) is 14.4. The Hall–Kier alpha value is -8.79. The van der Waals surface area contributed by atoms with E-state index in [4.69, 9.17) is 21.0 Å². The lowest BCUT2D eigenvalue weighted by atomic mass is 9.83. The Kier molecular flexibility index (Phi) is 9.16. The Morgan fingerprint density at radius 1 is 0.582 bits per heavy atom. The van der Waals surface area contributed by atoms with Crippen molar-refractivity contribution in [2.75, 3.05) is 0 Å². The molecule has 3 aromatic heterocycles. The minimum Gasteiger partial charge on any atom is -0.507 e. The zero-order valence-corrected chi connectivity index (χ0v) is 37.1. The summed E-state index contributed by atoms with van der Waals surface area (Å²) in [5.74, 6) is 0.612. The minimum absolute atomic E-state index is 0.0587. The summed E-state index contributed by atoms with van der Waals surface area (Å²) < 4.78 is 9.00. The first-order chi connectivity index (χ1) is 32.7. The number of fused-ring (bicyclic) bond motifs is 8. The first-order valence-corrected chi connectivity index (χ1v) is 22.5. The third-order valence-corrected chi connectivity index (χ3v) is 13.1. The van der Waals surface area contributed by atoms with Crippen molar-refractivity contribution in [1.82, 2.24) is 14.5 Å². The molecule has 0 aliphatic rings. The molecule has 6 heteroatoms. The fraction of sp³-hybridized carbons (Fsp3) is 0.0656. The molecule has 12 aromatic rings. The zero-order chi connectivity index (χ0) is 45.4. The van der Waals surface area contributed by atoms with E-state index in [-0.39, 0.29) is 11.2 Å². The first-order valence-electron chi connectivity index (χ1n) is 22.5. The fourth-order valence-corrected chi connectivity index (χ4v) is 9.69. The Morgan fingerprint density at radius 2 is 1.28 bits per heavy atom. The first kappa shape index (κ1) is 39.8. The second-order valence-corrected chi connectivity index (χ2v) is 18.3. The molecule has 0 bridgehead atoms. The van der Waals surface area contributed by atoms with Crippen molar-refractivity contribution < 1.29 is 9.52 Å². The monoisotopic (exact) mass is 862 g/mol. The van der Waals surface area contributed by atoms with Crippen LogP contribution in [0.5, 0.6) is 5.75 Å². The van der Waals surface area contributed by atoms with Gasteiger partial charge in [-0.05, 0) is 127 Å². The van der Waals surface area contributed by atoms with Crippen LogP contribution in [0.1, 0.15) is 26.3 Å². The Labute approximate surface area is 387 Å². The van der Waals surface area contributed by atoms with Crippen molar-refractivity contribution in [2.45, 2.75) is 26.2 Å². The van der Waals surface area contributed by atoms with Crippen LogP contribution in [0.25, 0.3) is 121 Å². The number of hydrogen-bond acceptors (Lipinski definition) is 4. The molecule has 0 saturated heterocycles. The summed E-state index contributed by atoms with van der Waals surface area (Å²) in [6.07, 6.45) is 1.89. The number of aromatic nitrogens is 3. The summed E-state index contributed by atoms with van der Waals surface area (Å²) in [6, 6.07) is 64.4. The highest BCUT2D eigenvalue weighted by molar-refractivity contribution is 6.25. The predicted octanol–water partition coefficient (Wildman–Crippen LogP) is 16.5. The number of furan rings is 1. The quantitative estimate of drug-likeness (QED) is 0.134. The number of rotatable bonds is 6. The molecule has 0 radical (unpaired) electrons. The van der Waals surface area contributed by atoms with Crippen LogP contribution in [-0.2, 0) is 5.41 Å². The summed E-state index contributed by atoms with van der Waals surface area (Å²) in [7, 11) is 0. The van der Waals surface area contributed by atoms with Gasteiger partial charge in [-0.25, -0.2) is 9.83 Å². The maximum atomic E-state index is 12.1. The summed E-state index contributed by atoms with van der Waals surface area (Å²) >= 11 is 0. The van der Waals surface area contributed by atoms with E-state index in [2.05, 4.69) is 170 Å². The smallest absolute Gasteiger partial charge is 0.187 e. The maximum absolute atomic E-state index is 12.1. The SMILES string of the molecule is [C-]#[N+]c1ccc2ccc3c(ccc4oc5c(-c6nc7c(-c8cc(-c9cc(-c%10ccccc%10)ccn9)cc(C(C)(C)C)c8)cccc7n6-c6ccc(-c7ccccc7)cc6)c(O)ccc5c43)c2c1. The molecule has 1 N–H and O–H groups in total. The zero-order valence-electron chi connectivity index (χ0n) is 37.1. The van der Waals surface area contributed by atoms with Crippen molar-refractivity contribution in [3.63, 3.8) is 0 Å². The molecule has 9 aromatic carbocycles. The molecule has 12 rings (SSSR count). The molecule has 318 valence electrons. The maximum Gasteiger partial charge on any atom is 0.187 e. The van der Waals surface area contributed by atoms with Crippen LogP contribution < -0.4 is 0 Å². The van der Waals surface area contributed by atoms with Crippen LogP contribution in [-0.4, -0.2) is 19.6 Å². The van der Waals surface area contributed by atoms with Crippen LogP contribution in [0.2, 0.25) is 0 Å². The van der Waals surface area contributed by atoms with E-state index >= 15 is 0 Å².